The van der Waals surface area contributed by atoms with E-state index in [0.29, 0.717) is 12.2 Å². The zero-order valence-electron chi connectivity index (χ0n) is 11.4. The number of hydrogen-bond acceptors (Lipinski definition) is 4. The summed E-state index contributed by atoms with van der Waals surface area (Å²) in [6.45, 7) is 7.59. The molecule has 0 saturated carbocycles. The van der Waals surface area contributed by atoms with Crippen molar-refractivity contribution >= 4 is 23.4 Å². The standard InChI is InChI=1S/C14H21NO2S/c1-10-6-5-7-11(13(10)15)18-9-8-12(16)17-14(2,3)4/h5-7H,8-9,15H2,1-4H3. The summed E-state index contributed by atoms with van der Waals surface area (Å²) < 4.78 is 5.25. The van der Waals surface area contributed by atoms with Crippen molar-refractivity contribution in [3.8, 4) is 0 Å². The van der Waals surface area contributed by atoms with Gasteiger partial charge in [0.15, 0.2) is 0 Å². The lowest BCUT2D eigenvalue weighted by atomic mass is 10.2. The van der Waals surface area contributed by atoms with Gasteiger partial charge in [0.25, 0.3) is 0 Å². The summed E-state index contributed by atoms with van der Waals surface area (Å²) in [6.07, 6.45) is 0.398. The molecule has 0 unspecified atom stereocenters. The minimum atomic E-state index is -0.413. The predicted molar refractivity (Wildman–Crippen MR) is 76.8 cm³/mol. The molecule has 4 heteroatoms. The van der Waals surface area contributed by atoms with Gasteiger partial charge in [-0.3, -0.25) is 4.79 Å². The number of rotatable bonds is 4. The van der Waals surface area contributed by atoms with Crippen LogP contribution in [0, 0.1) is 6.92 Å². The molecule has 0 heterocycles. The third-order valence-electron chi connectivity index (χ3n) is 2.27. The number of anilines is 1. The van der Waals surface area contributed by atoms with Crippen LogP contribution in [0.5, 0.6) is 0 Å². The maximum Gasteiger partial charge on any atom is 0.307 e. The number of carbonyl (C=O) groups excluding carboxylic acids is 1. The monoisotopic (exact) mass is 267 g/mol. The van der Waals surface area contributed by atoms with E-state index in [2.05, 4.69) is 0 Å². The molecule has 0 fully saturated rings. The summed E-state index contributed by atoms with van der Waals surface area (Å²) in [7, 11) is 0. The molecule has 0 spiro atoms. The van der Waals surface area contributed by atoms with Crippen molar-refractivity contribution < 1.29 is 9.53 Å². The minimum Gasteiger partial charge on any atom is -0.460 e. The molecule has 0 radical (unpaired) electrons. The molecule has 0 amide bonds. The van der Waals surface area contributed by atoms with Gasteiger partial charge in [-0.05, 0) is 39.3 Å². The fourth-order valence-corrected chi connectivity index (χ4v) is 2.40. The highest BCUT2D eigenvalue weighted by Gasteiger charge is 2.15. The van der Waals surface area contributed by atoms with E-state index in [1.54, 1.807) is 11.8 Å². The first kappa shape index (κ1) is 14.9. The molecule has 0 aromatic heterocycles. The molecule has 0 aliphatic rings. The van der Waals surface area contributed by atoms with Crippen LogP contribution in [0.3, 0.4) is 0 Å². The molecule has 1 aromatic carbocycles. The van der Waals surface area contributed by atoms with Crippen LogP contribution in [-0.4, -0.2) is 17.3 Å². The molecule has 0 aliphatic heterocycles. The number of carbonyl (C=O) groups is 1. The number of nitrogens with two attached hydrogens (primary N) is 1. The van der Waals surface area contributed by atoms with E-state index in [1.165, 1.54) is 0 Å². The van der Waals surface area contributed by atoms with E-state index in [0.717, 1.165) is 16.1 Å². The normalized spacial score (nSPS) is 11.3. The number of aryl methyl sites for hydroxylation is 1. The van der Waals surface area contributed by atoms with Crippen LogP contribution in [0.1, 0.15) is 32.8 Å². The van der Waals surface area contributed by atoms with E-state index in [9.17, 15) is 4.79 Å². The van der Waals surface area contributed by atoms with E-state index >= 15 is 0 Å². The largest absolute Gasteiger partial charge is 0.460 e. The summed E-state index contributed by atoms with van der Waals surface area (Å²) in [4.78, 5) is 12.6. The third kappa shape index (κ3) is 5.00. The lowest BCUT2D eigenvalue weighted by Crippen LogP contribution is -2.24. The molecule has 0 bridgehead atoms. The SMILES string of the molecule is Cc1cccc(SCCC(=O)OC(C)(C)C)c1N. The van der Waals surface area contributed by atoms with Gasteiger partial charge in [0, 0.05) is 16.3 Å². The Hall–Kier alpha value is -1.16. The second-order valence-electron chi connectivity index (χ2n) is 5.17. The van der Waals surface area contributed by atoms with Crippen molar-refractivity contribution in [2.24, 2.45) is 0 Å². The summed E-state index contributed by atoms with van der Waals surface area (Å²) >= 11 is 1.59. The minimum absolute atomic E-state index is 0.166. The van der Waals surface area contributed by atoms with E-state index < -0.39 is 5.60 Å². The Balaban J connectivity index is 2.43. The van der Waals surface area contributed by atoms with Crippen LogP contribution < -0.4 is 5.73 Å². The first-order valence-electron chi connectivity index (χ1n) is 5.99. The summed E-state index contributed by atoms with van der Waals surface area (Å²) in [5.41, 5.74) is 7.42. The molecular formula is C14H21NO2S. The van der Waals surface area contributed by atoms with Crippen molar-refractivity contribution in [2.75, 3.05) is 11.5 Å². The van der Waals surface area contributed by atoms with Crippen LogP contribution in [-0.2, 0) is 9.53 Å². The maximum absolute atomic E-state index is 11.5. The van der Waals surface area contributed by atoms with Gasteiger partial charge in [0.1, 0.15) is 5.60 Å². The molecule has 1 aromatic rings. The Morgan fingerprint density at radius 1 is 1.39 bits per heavy atom. The number of nitrogen functional groups attached to an aromatic ring is 1. The molecule has 0 saturated heterocycles. The van der Waals surface area contributed by atoms with Crippen molar-refractivity contribution in [1.29, 1.82) is 0 Å². The number of thioether (sulfide) groups is 1. The highest BCUT2D eigenvalue weighted by molar-refractivity contribution is 7.99. The number of para-hydroxylation sites is 1. The molecule has 1 rings (SSSR count). The van der Waals surface area contributed by atoms with Crippen molar-refractivity contribution in [3.05, 3.63) is 23.8 Å². The average molecular weight is 267 g/mol. The Labute approximate surface area is 113 Å². The molecule has 3 nitrogen and oxygen atoms in total. The highest BCUT2D eigenvalue weighted by Crippen LogP contribution is 2.27. The fourth-order valence-electron chi connectivity index (χ4n) is 1.42. The van der Waals surface area contributed by atoms with Gasteiger partial charge in [0.05, 0.1) is 6.42 Å². The molecule has 0 atom stereocenters. The van der Waals surface area contributed by atoms with Gasteiger partial charge in [-0.1, -0.05) is 12.1 Å². The first-order chi connectivity index (χ1) is 8.29. The van der Waals surface area contributed by atoms with Crippen LogP contribution in [0.2, 0.25) is 0 Å². The van der Waals surface area contributed by atoms with Gasteiger partial charge in [0.2, 0.25) is 0 Å². The molecular weight excluding hydrogens is 246 g/mol. The van der Waals surface area contributed by atoms with Gasteiger partial charge in [-0.2, -0.15) is 0 Å². The fraction of sp³-hybridized carbons (Fsp3) is 0.500. The number of hydrogen-bond donors (Lipinski definition) is 1. The Kier molecular flexibility index (Phi) is 5.08. The van der Waals surface area contributed by atoms with E-state index in [1.807, 2.05) is 45.9 Å². The van der Waals surface area contributed by atoms with Crippen LogP contribution in [0.25, 0.3) is 0 Å². The number of esters is 1. The topological polar surface area (TPSA) is 52.3 Å². The third-order valence-corrected chi connectivity index (χ3v) is 3.34. The molecule has 100 valence electrons. The first-order valence-corrected chi connectivity index (χ1v) is 6.98. The smallest absolute Gasteiger partial charge is 0.307 e. The number of ether oxygens (including phenoxy) is 1. The van der Waals surface area contributed by atoms with Crippen molar-refractivity contribution in [1.82, 2.24) is 0 Å². The zero-order valence-corrected chi connectivity index (χ0v) is 12.3. The van der Waals surface area contributed by atoms with E-state index in [4.69, 9.17) is 10.5 Å². The Morgan fingerprint density at radius 3 is 2.67 bits per heavy atom. The van der Waals surface area contributed by atoms with Gasteiger partial charge >= 0.3 is 5.97 Å². The van der Waals surface area contributed by atoms with Crippen LogP contribution in [0.15, 0.2) is 23.1 Å². The second-order valence-corrected chi connectivity index (χ2v) is 6.31. The summed E-state index contributed by atoms with van der Waals surface area (Å²) in [5.74, 6) is 0.518. The lowest BCUT2D eigenvalue weighted by Gasteiger charge is -2.19. The van der Waals surface area contributed by atoms with E-state index in [-0.39, 0.29) is 5.97 Å². The average Bonchev–Trinajstić information content (AvgIpc) is 2.21. The second kappa shape index (κ2) is 6.14. The van der Waals surface area contributed by atoms with Crippen molar-refractivity contribution in [3.63, 3.8) is 0 Å². The van der Waals surface area contributed by atoms with Crippen LogP contribution in [0.4, 0.5) is 5.69 Å². The molecule has 2 N–H and O–H groups in total. The predicted octanol–water partition coefficient (Wildman–Crippen LogP) is 3.40. The summed E-state index contributed by atoms with van der Waals surface area (Å²) in [6, 6.07) is 5.93. The molecule has 18 heavy (non-hydrogen) atoms. The van der Waals surface area contributed by atoms with Crippen molar-refractivity contribution in [2.45, 2.75) is 44.6 Å². The van der Waals surface area contributed by atoms with Gasteiger partial charge in [-0.15, -0.1) is 11.8 Å². The number of benzene rings is 1. The van der Waals surface area contributed by atoms with Gasteiger partial charge < -0.3 is 10.5 Å². The molecule has 0 aliphatic carbocycles. The highest BCUT2D eigenvalue weighted by atomic mass is 32.2. The Bertz CT molecular complexity index is 424. The quantitative estimate of drug-likeness (QED) is 0.516. The lowest BCUT2D eigenvalue weighted by molar-refractivity contribution is -0.154. The Morgan fingerprint density at radius 2 is 2.06 bits per heavy atom. The van der Waals surface area contributed by atoms with Crippen LogP contribution >= 0.6 is 11.8 Å². The zero-order chi connectivity index (χ0) is 13.8. The summed E-state index contributed by atoms with van der Waals surface area (Å²) in [5, 5.41) is 0. The maximum atomic E-state index is 11.5. The van der Waals surface area contributed by atoms with Gasteiger partial charge in [-0.25, -0.2) is 0 Å².